The summed E-state index contributed by atoms with van der Waals surface area (Å²) in [5.74, 6) is 2.41. The smallest absolute Gasteiger partial charge is 0.238 e. The first-order valence-corrected chi connectivity index (χ1v) is 9.44. The van der Waals surface area contributed by atoms with Crippen molar-refractivity contribution < 1.29 is 12.8 Å². The number of fused-ring (bicyclic) bond motifs is 1. The van der Waals surface area contributed by atoms with E-state index in [0.717, 1.165) is 42.2 Å². The van der Waals surface area contributed by atoms with Crippen LogP contribution in [-0.4, -0.2) is 13.4 Å². The van der Waals surface area contributed by atoms with E-state index in [1.807, 2.05) is 12.1 Å². The van der Waals surface area contributed by atoms with Gasteiger partial charge in [-0.3, -0.25) is 0 Å². The number of nitrogens with two attached hydrogens (primary N) is 1. The van der Waals surface area contributed by atoms with E-state index in [2.05, 4.69) is 13.8 Å². The van der Waals surface area contributed by atoms with Crippen molar-refractivity contribution >= 4 is 10.0 Å². The van der Waals surface area contributed by atoms with E-state index in [-0.39, 0.29) is 22.1 Å². The molecular formula is C17H20N2O3S. The minimum Gasteiger partial charge on any atom is -0.445 e. The molecule has 23 heavy (non-hydrogen) atoms. The summed E-state index contributed by atoms with van der Waals surface area (Å²) >= 11 is 0. The zero-order valence-corrected chi connectivity index (χ0v) is 14.1. The predicted octanol–water partition coefficient (Wildman–Crippen LogP) is 2.72. The van der Waals surface area contributed by atoms with Gasteiger partial charge in [0.05, 0.1) is 10.6 Å². The van der Waals surface area contributed by atoms with Crippen molar-refractivity contribution in [2.24, 2.45) is 10.6 Å². The summed E-state index contributed by atoms with van der Waals surface area (Å²) in [7, 11) is -3.65. The Bertz CT molecular complexity index is 844. The molecule has 1 aromatic carbocycles. The Morgan fingerprint density at radius 3 is 2.48 bits per heavy atom. The molecular weight excluding hydrogens is 312 g/mol. The Morgan fingerprint density at radius 2 is 1.87 bits per heavy atom. The molecule has 1 fully saturated rings. The van der Waals surface area contributed by atoms with Crippen LogP contribution in [0.1, 0.15) is 55.0 Å². The van der Waals surface area contributed by atoms with E-state index in [1.165, 1.54) is 0 Å². The standard InChI is InChI=1S/C17H20N2O3S/c1-17(2)14(10-6-8-11(9-7-10)23(18,20)21)15(17)16-19-12-4-3-5-13(12)22-16/h6-9,14-15H,3-5H2,1-2H3,(H2,18,20,21)/t14-,15+/m1/s1. The molecule has 0 unspecified atom stereocenters. The number of nitrogens with zero attached hydrogens (tertiary/aromatic N) is 1. The van der Waals surface area contributed by atoms with Gasteiger partial charge in [-0.15, -0.1) is 0 Å². The minimum absolute atomic E-state index is 0.0572. The fraction of sp³-hybridized carbons (Fsp3) is 0.471. The van der Waals surface area contributed by atoms with Crippen LogP contribution in [0, 0.1) is 5.41 Å². The number of hydrogen-bond acceptors (Lipinski definition) is 4. The highest BCUT2D eigenvalue weighted by Crippen LogP contribution is 2.69. The summed E-state index contributed by atoms with van der Waals surface area (Å²) in [6.45, 7) is 4.40. The summed E-state index contributed by atoms with van der Waals surface area (Å²) in [6, 6.07) is 6.85. The van der Waals surface area contributed by atoms with Gasteiger partial charge in [-0.05, 0) is 36.0 Å². The zero-order valence-electron chi connectivity index (χ0n) is 13.2. The number of aromatic nitrogens is 1. The lowest BCUT2D eigenvalue weighted by Crippen LogP contribution is -2.11. The molecule has 0 saturated heterocycles. The van der Waals surface area contributed by atoms with E-state index < -0.39 is 10.0 Å². The molecule has 6 heteroatoms. The topological polar surface area (TPSA) is 86.2 Å². The molecule has 0 aliphatic heterocycles. The molecule has 2 aliphatic rings. The van der Waals surface area contributed by atoms with Gasteiger partial charge in [0, 0.05) is 18.3 Å². The third-order valence-electron chi connectivity index (χ3n) is 5.27. The molecule has 2 aliphatic carbocycles. The quantitative estimate of drug-likeness (QED) is 0.936. The van der Waals surface area contributed by atoms with Gasteiger partial charge in [0.1, 0.15) is 5.76 Å². The summed E-state index contributed by atoms with van der Waals surface area (Å²) in [6.07, 6.45) is 3.14. The van der Waals surface area contributed by atoms with Gasteiger partial charge in [0.25, 0.3) is 0 Å². The third-order valence-corrected chi connectivity index (χ3v) is 6.20. The fourth-order valence-electron chi connectivity index (χ4n) is 3.93. The van der Waals surface area contributed by atoms with E-state index in [9.17, 15) is 8.42 Å². The highest BCUT2D eigenvalue weighted by molar-refractivity contribution is 7.89. The molecule has 0 spiro atoms. The van der Waals surface area contributed by atoms with Crippen LogP contribution in [0.25, 0.3) is 0 Å². The molecule has 122 valence electrons. The molecule has 0 amide bonds. The number of benzene rings is 1. The Hall–Kier alpha value is -1.66. The van der Waals surface area contributed by atoms with E-state index in [4.69, 9.17) is 14.5 Å². The number of aryl methyl sites for hydroxylation is 2. The van der Waals surface area contributed by atoms with Crippen LogP contribution >= 0.6 is 0 Å². The number of sulfonamides is 1. The van der Waals surface area contributed by atoms with Crippen LogP contribution in [0.5, 0.6) is 0 Å². The van der Waals surface area contributed by atoms with E-state index >= 15 is 0 Å². The van der Waals surface area contributed by atoms with Gasteiger partial charge in [0.15, 0.2) is 5.89 Å². The number of oxazole rings is 1. The molecule has 2 atom stereocenters. The summed E-state index contributed by atoms with van der Waals surface area (Å²) in [4.78, 5) is 4.84. The molecule has 5 nitrogen and oxygen atoms in total. The Morgan fingerprint density at radius 1 is 1.17 bits per heavy atom. The highest BCUT2D eigenvalue weighted by atomic mass is 32.2. The molecule has 4 rings (SSSR count). The monoisotopic (exact) mass is 332 g/mol. The molecule has 1 aromatic heterocycles. The van der Waals surface area contributed by atoms with Crippen LogP contribution in [0.3, 0.4) is 0 Å². The van der Waals surface area contributed by atoms with Gasteiger partial charge in [-0.25, -0.2) is 18.5 Å². The summed E-state index contributed by atoms with van der Waals surface area (Å²) < 4.78 is 28.7. The molecule has 2 aromatic rings. The van der Waals surface area contributed by atoms with Crippen molar-refractivity contribution in [3.63, 3.8) is 0 Å². The maximum absolute atomic E-state index is 11.4. The first-order valence-electron chi connectivity index (χ1n) is 7.90. The van der Waals surface area contributed by atoms with Crippen LogP contribution < -0.4 is 5.14 Å². The fourth-order valence-corrected chi connectivity index (χ4v) is 4.44. The first kappa shape index (κ1) is 14.9. The van der Waals surface area contributed by atoms with Gasteiger partial charge >= 0.3 is 0 Å². The highest BCUT2D eigenvalue weighted by Gasteiger charge is 2.61. The Kier molecular flexibility index (Phi) is 3.03. The summed E-state index contributed by atoms with van der Waals surface area (Å²) in [5.41, 5.74) is 2.28. The normalized spacial score (nSPS) is 25.3. The maximum Gasteiger partial charge on any atom is 0.238 e. The van der Waals surface area contributed by atoms with E-state index in [1.54, 1.807) is 12.1 Å². The third kappa shape index (κ3) is 2.32. The van der Waals surface area contributed by atoms with Gasteiger partial charge < -0.3 is 4.42 Å². The Balaban J connectivity index is 1.64. The van der Waals surface area contributed by atoms with Crippen molar-refractivity contribution in [2.45, 2.75) is 49.8 Å². The van der Waals surface area contributed by atoms with Crippen LogP contribution in [0.15, 0.2) is 33.6 Å². The predicted molar refractivity (Wildman–Crippen MR) is 85.6 cm³/mol. The molecule has 1 saturated carbocycles. The molecule has 1 heterocycles. The van der Waals surface area contributed by atoms with Crippen LogP contribution in [0.4, 0.5) is 0 Å². The van der Waals surface area contributed by atoms with Crippen molar-refractivity contribution in [1.82, 2.24) is 4.98 Å². The number of primary sulfonamides is 1. The van der Waals surface area contributed by atoms with Crippen molar-refractivity contribution in [1.29, 1.82) is 0 Å². The van der Waals surface area contributed by atoms with Gasteiger partial charge in [-0.1, -0.05) is 26.0 Å². The maximum atomic E-state index is 11.4. The molecule has 0 bridgehead atoms. The zero-order chi connectivity index (χ0) is 16.4. The average Bonchev–Trinajstić information content (AvgIpc) is 2.82. The van der Waals surface area contributed by atoms with Gasteiger partial charge in [0.2, 0.25) is 10.0 Å². The Labute approximate surface area is 136 Å². The molecule has 2 N–H and O–H groups in total. The van der Waals surface area contributed by atoms with Crippen molar-refractivity contribution in [3.05, 3.63) is 47.2 Å². The van der Waals surface area contributed by atoms with Crippen LogP contribution in [-0.2, 0) is 22.9 Å². The second kappa shape index (κ2) is 4.68. The lowest BCUT2D eigenvalue weighted by Gasteiger charge is -2.04. The van der Waals surface area contributed by atoms with Crippen LogP contribution in [0.2, 0.25) is 0 Å². The van der Waals surface area contributed by atoms with Gasteiger partial charge in [-0.2, -0.15) is 0 Å². The first-order chi connectivity index (χ1) is 10.8. The average molecular weight is 332 g/mol. The molecule has 0 radical (unpaired) electrons. The van der Waals surface area contributed by atoms with E-state index in [0.29, 0.717) is 0 Å². The number of rotatable bonds is 3. The SMILES string of the molecule is CC1(C)[C@H](c2ccc(S(N)(=O)=O)cc2)[C@H]1c1nc2c(o1)CCC2. The summed E-state index contributed by atoms with van der Waals surface area (Å²) in [5, 5.41) is 5.16. The van der Waals surface area contributed by atoms with Crippen molar-refractivity contribution in [3.8, 4) is 0 Å². The van der Waals surface area contributed by atoms with Crippen molar-refractivity contribution in [2.75, 3.05) is 0 Å². The second-order valence-electron chi connectivity index (χ2n) is 7.17. The minimum atomic E-state index is -3.65. The lowest BCUT2D eigenvalue weighted by molar-refractivity contribution is 0.437. The number of hydrogen-bond donors (Lipinski definition) is 1. The second-order valence-corrected chi connectivity index (χ2v) is 8.73. The largest absolute Gasteiger partial charge is 0.445 e. The lowest BCUT2D eigenvalue weighted by atomic mass is 10.0.